The van der Waals surface area contributed by atoms with Crippen molar-refractivity contribution < 1.29 is 13.5 Å². The number of aromatic nitrogens is 2. The Morgan fingerprint density at radius 3 is 2.42 bits per heavy atom. The molecule has 0 aliphatic carbocycles. The molecule has 2 atom stereocenters. The molecule has 2 heterocycles. The van der Waals surface area contributed by atoms with E-state index in [1.165, 1.54) is 18.2 Å². The van der Waals surface area contributed by atoms with Crippen molar-refractivity contribution in [2.75, 3.05) is 24.6 Å². The molecule has 0 bridgehead atoms. The minimum atomic E-state index is -1.14. The zero-order valence-electron chi connectivity index (χ0n) is 17.6. The maximum Gasteiger partial charge on any atom is 0.228 e. The van der Waals surface area contributed by atoms with E-state index in [2.05, 4.69) is 27.9 Å². The van der Waals surface area contributed by atoms with Crippen LogP contribution in [0, 0.1) is 11.2 Å². The Kier molecular flexibility index (Phi) is 8.06. The number of thiol groups is 1. The van der Waals surface area contributed by atoms with Crippen LogP contribution < -0.4 is 21.5 Å². The molecule has 2 unspecified atom stereocenters. The molecule has 4 rings (SSSR count). The number of nitrogen functional groups attached to an aromatic ring is 2. The van der Waals surface area contributed by atoms with Crippen molar-refractivity contribution >= 4 is 41.4 Å². The summed E-state index contributed by atoms with van der Waals surface area (Å²) in [6.45, 7) is 2.17. The lowest BCUT2D eigenvalue weighted by molar-refractivity contribution is 0.134. The topological polar surface area (TPSA) is 123 Å². The predicted octanol–water partition coefficient (Wildman–Crippen LogP) is 4.15. The average Bonchev–Trinajstić information content (AvgIpc) is 3.15. The third kappa shape index (κ3) is 6.31. The second-order valence-electron chi connectivity index (χ2n) is 7.29. The third-order valence-corrected chi connectivity index (χ3v) is 5.28. The summed E-state index contributed by atoms with van der Waals surface area (Å²) in [5.74, 6) is 0.246. The Balaban J connectivity index is 0.000000286. The number of alkyl halides is 1. The smallest absolute Gasteiger partial charge is 0.228 e. The molecular weight excluding hydrogens is 470 g/mol. The Labute approximate surface area is 200 Å². The molecule has 1 saturated heterocycles. The molecule has 3 aromatic rings. The van der Waals surface area contributed by atoms with E-state index in [0.717, 1.165) is 0 Å². The zero-order valence-corrected chi connectivity index (χ0v) is 19.3. The normalized spacial score (nSPS) is 17.2. The third-order valence-electron chi connectivity index (χ3n) is 4.71. The number of anilines is 2. The Hall–Kier alpha value is -2.95. The fourth-order valence-corrected chi connectivity index (χ4v) is 3.49. The lowest BCUT2D eigenvalue weighted by Crippen LogP contribution is -2.28. The monoisotopic (exact) mass is 492 g/mol. The molecule has 11 heteroatoms. The highest BCUT2D eigenvalue weighted by atomic mass is 35.5. The van der Waals surface area contributed by atoms with Crippen molar-refractivity contribution in [3.63, 3.8) is 0 Å². The minimum absolute atomic E-state index is 0.123. The molecule has 1 aliphatic rings. The van der Waals surface area contributed by atoms with Crippen LogP contribution in [0.15, 0.2) is 47.4 Å². The van der Waals surface area contributed by atoms with Gasteiger partial charge in [0, 0.05) is 40.0 Å². The second kappa shape index (κ2) is 10.8. The fraction of sp³-hybridized carbons (Fsp3) is 0.227. The first-order valence-corrected chi connectivity index (χ1v) is 10.7. The van der Waals surface area contributed by atoms with Crippen LogP contribution in [0.1, 0.15) is 12.5 Å². The highest BCUT2D eigenvalue weighted by Gasteiger charge is 2.30. The lowest BCUT2D eigenvalue weighted by atomic mass is 10.1. The number of hydrogen-bond donors (Lipinski definition) is 5. The molecule has 6 N–H and O–H groups in total. The van der Waals surface area contributed by atoms with Crippen molar-refractivity contribution in [1.29, 1.82) is 5.41 Å². The fourth-order valence-electron chi connectivity index (χ4n) is 3.02. The Morgan fingerprint density at radius 2 is 1.88 bits per heavy atom. The zero-order chi connectivity index (χ0) is 24.1. The van der Waals surface area contributed by atoms with Crippen molar-refractivity contribution in [3.8, 4) is 17.3 Å². The number of hydrogen-bond acceptors (Lipinski definition) is 8. The molecule has 0 amide bonds. The standard InChI is InChI=1S/C16H19FN6O.C6H4ClFS/c1-8(18)13-14(20)22-15(9-2-4-10(19)5-3-9)23-16(13)24-12-7-21-6-11(12)17;7-4-1-2-5(8)6(9)3-4/h2-5,11-12,18,21H,6-7,19H2,1H3,(H2,20,22,23);1-3,9H. The van der Waals surface area contributed by atoms with E-state index in [0.29, 0.717) is 28.6 Å². The van der Waals surface area contributed by atoms with E-state index in [-0.39, 0.29) is 40.2 Å². The van der Waals surface area contributed by atoms with Gasteiger partial charge in [-0.05, 0) is 49.4 Å². The first kappa shape index (κ1) is 24.7. The Bertz CT molecular complexity index is 1150. The number of nitrogens with zero attached hydrogens (tertiary/aromatic N) is 2. The highest BCUT2D eigenvalue weighted by molar-refractivity contribution is 7.80. The summed E-state index contributed by atoms with van der Waals surface area (Å²) in [5, 5.41) is 11.3. The van der Waals surface area contributed by atoms with E-state index >= 15 is 0 Å². The summed E-state index contributed by atoms with van der Waals surface area (Å²) in [6, 6.07) is 11.2. The van der Waals surface area contributed by atoms with E-state index < -0.39 is 12.3 Å². The molecule has 0 saturated carbocycles. The van der Waals surface area contributed by atoms with Gasteiger partial charge >= 0.3 is 0 Å². The molecule has 0 spiro atoms. The quantitative estimate of drug-likeness (QED) is 0.212. The van der Waals surface area contributed by atoms with Gasteiger partial charge in [0.2, 0.25) is 5.88 Å². The largest absolute Gasteiger partial charge is 0.469 e. The van der Waals surface area contributed by atoms with E-state index in [9.17, 15) is 8.78 Å². The molecule has 1 aliphatic heterocycles. The summed E-state index contributed by atoms with van der Waals surface area (Å²) in [4.78, 5) is 8.89. The maximum absolute atomic E-state index is 13.8. The minimum Gasteiger partial charge on any atom is -0.469 e. The van der Waals surface area contributed by atoms with Crippen molar-refractivity contribution in [2.24, 2.45) is 0 Å². The number of halogens is 3. The summed E-state index contributed by atoms with van der Waals surface area (Å²) in [5.41, 5.74) is 13.4. The first-order chi connectivity index (χ1) is 15.7. The number of rotatable bonds is 4. The van der Waals surface area contributed by atoms with Gasteiger partial charge in [-0.2, -0.15) is 4.98 Å². The van der Waals surface area contributed by atoms with Crippen LogP contribution in [0.5, 0.6) is 5.88 Å². The van der Waals surface area contributed by atoms with Crippen LogP contribution in [0.4, 0.5) is 20.3 Å². The van der Waals surface area contributed by atoms with Crippen LogP contribution in [-0.4, -0.2) is 41.0 Å². The number of benzene rings is 2. The van der Waals surface area contributed by atoms with Gasteiger partial charge in [-0.15, -0.1) is 12.6 Å². The maximum atomic E-state index is 13.8. The van der Waals surface area contributed by atoms with Crippen molar-refractivity contribution in [3.05, 3.63) is 58.9 Å². The SMILES string of the molecule is CC(=N)c1c(N)nc(-c2ccc(N)cc2)nc1OC1CNCC1F.Fc1ccc(Cl)cc1S. The van der Waals surface area contributed by atoms with Gasteiger partial charge in [0.15, 0.2) is 12.0 Å². The Morgan fingerprint density at radius 1 is 1.18 bits per heavy atom. The molecular formula is C22H23ClF2N6OS. The number of nitrogens with one attached hydrogen (secondary N) is 2. The van der Waals surface area contributed by atoms with Crippen LogP contribution in [0.25, 0.3) is 11.4 Å². The average molecular weight is 493 g/mol. The molecule has 0 radical (unpaired) electrons. The van der Waals surface area contributed by atoms with Gasteiger partial charge in [-0.3, -0.25) is 0 Å². The summed E-state index contributed by atoms with van der Waals surface area (Å²) in [6.07, 6.45) is -1.81. The summed E-state index contributed by atoms with van der Waals surface area (Å²) in [7, 11) is 0. The van der Waals surface area contributed by atoms with Crippen LogP contribution >= 0.6 is 24.2 Å². The number of ether oxygens (including phenoxy) is 1. The van der Waals surface area contributed by atoms with Crippen molar-refractivity contribution in [1.82, 2.24) is 15.3 Å². The van der Waals surface area contributed by atoms with Gasteiger partial charge in [0.05, 0.1) is 5.56 Å². The van der Waals surface area contributed by atoms with Gasteiger partial charge < -0.3 is 26.9 Å². The molecule has 1 aromatic heterocycles. The van der Waals surface area contributed by atoms with Crippen LogP contribution in [-0.2, 0) is 0 Å². The van der Waals surface area contributed by atoms with Crippen LogP contribution in [0.2, 0.25) is 5.02 Å². The first-order valence-electron chi connectivity index (χ1n) is 9.90. The van der Waals surface area contributed by atoms with Crippen molar-refractivity contribution in [2.45, 2.75) is 24.1 Å². The van der Waals surface area contributed by atoms with Crippen LogP contribution in [0.3, 0.4) is 0 Å². The molecule has 7 nitrogen and oxygen atoms in total. The molecule has 2 aromatic carbocycles. The predicted molar refractivity (Wildman–Crippen MR) is 130 cm³/mol. The number of nitrogens with two attached hydrogens (primary N) is 2. The van der Waals surface area contributed by atoms with Gasteiger partial charge in [0.1, 0.15) is 17.7 Å². The molecule has 1 fully saturated rings. The van der Waals surface area contributed by atoms with Gasteiger partial charge in [0.25, 0.3) is 0 Å². The summed E-state index contributed by atoms with van der Waals surface area (Å²) >= 11 is 9.31. The van der Waals surface area contributed by atoms with Gasteiger partial charge in [-0.25, -0.2) is 13.8 Å². The van der Waals surface area contributed by atoms with E-state index in [1.54, 1.807) is 31.2 Å². The van der Waals surface area contributed by atoms with Gasteiger partial charge in [-0.1, -0.05) is 11.6 Å². The van der Waals surface area contributed by atoms with E-state index in [4.69, 9.17) is 33.2 Å². The van der Waals surface area contributed by atoms with E-state index in [1.807, 2.05) is 0 Å². The summed E-state index contributed by atoms with van der Waals surface area (Å²) < 4.78 is 31.9. The molecule has 33 heavy (non-hydrogen) atoms. The second-order valence-corrected chi connectivity index (χ2v) is 8.20. The lowest BCUT2D eigenvalue weighted by Gasteiger charge is -2.18. The molecule has 174 valence electrons. The highest BCUT2D eigenvalue weighted by Crippen LogP contribution is 2.28.